The molecule has 138 valence electrons. The Morgan fingerprint density at radius 1 is 1.00 bits per heavy atom. The second-order valence-electron chi connectivity index (χ2n) is 6.42. The van der Waals surface area contributed by atoms with Crippen molar-refractivity contribution in [1.29, 1.82) is 0 Å². The van der Waals surface area contributed by atoms with E-state index in [1.165, 1.54) is 12.5 Å². The lowest BCUT2D eigenvalue weighted by Gasteiger charge is -2.18. The number of hydrogen-bond donors (Lipinski definition) is 2. The number of aryl methyl sites for hydroxylation is 1. The van der Waals surface area contributed by atoms with Crippen LogP contribution in [0.3, 0.4) is 0 Å². The molecule has 1 aromatic heterocycles. The standard InChI is InChI=1S/C21H23N5O/c1-15-13-20(24-19-11-9-18(10-12-19)23-16(2)27)25-21(22-15)26(3)14-17-7-5-4-6-8-17/h4-13H,14H2,1-3H3,(H,23,27)(H,22,24,25). The Labute approximate surface area is 159 Å². The molecule has 1 heterocycles. The van der Waals surface area contributed by atoms with Crippen LogP contribution < -0.4 is 15.5 Å². The molecule has 0 spiro atoms. The third kappa shape index (κ3) is 5.28. The van der Waals surface area contributed by atoms with E-state index in [1.807, 2.05) is 67.4 Å². The first kappa shape index (κ1) is 18.4. The quantitative estimate of drug-likeness (QED) is 0.691. The molecule has 6 nitrogen and oxygen atoms in total. The van der Waals surface area contributed by atoms with Crippen molar-refractivity contribution >= 4 is 29.0 Å². The van der Waals surface area contributed by atoms with Gasteiger partial charge in [-0.3, -0.25) is 4.79 Å². The fourth-order valence-corrected chi connectivity index (χ4v) is 2.70. The van der Waals surface area contributed by atoms with Crippen molar-refractivity contribution < 1.29 is 4.79 Å². The van der Waals surface area contributed by atoms with Crippen LogP contribution >= 0.6 is 0 Å². The molecular formula is C21H23N5O. The number of carbonyl (C=O) groups is 1. The van der Waals surface area contributed by atoms with Gasteiger partial charge in [-0.2, -0.15) is 4.98 Å². The van der Waals surface area contributed by atoms with Gasteiger partial charge >= 0.3 is 0 Å². The fourth-order valence-electron chi connectivity index (χ4n) is 2.70. The van der Waals surface area contributed by atoms with Crippen LogP contribution in [0.15, 0.2) is 60.7 Å². The third-order valence-electron chi connectivity index (χ3n) is 3.92. The monoisotopic (exact) mass is 361 g/mol. The topological polar surface area (TPSA) is 70.2 Å². The molecule has 0 saturated heterocycles. The van der Waals surface area contributed by atoms with E-state index in [9.17, 15) is 4.79 Å². The van der Waals surface area contributed by atoms with Gasteiger partial charge in [-0.15, -0.1) is 0 Å². The molecule has 0 unspecified atom stereocenters. The van der Waals surface area contributed by atoms with E-state index in [-0.39, 0.29) is 5.91 Å². The Morgan fingerprint density at radius 2 is 1.67 bits per heavy atom. The zero-order valence-corrected chi connectivity index (χ0v) is 15.7. The molecule has 27 heavy (non-hydrogen) atoms. The average molecular weight is 361 g/mol. The van der Waals surface area contributed by atoms with Gasteiger partial charge in [0.15, 0.2) is 0 Å². The van der Waals surface area contributed by atoms with Gasteiger partial charge in [0.2, 0.25) is 11.9 Å². The SMILES string of the molecule is CC(=O)Nc1ccc(Nc2cc(C)nc(N(C)Cc3ccccc3)n2)cc1. The molecular weight excluding hydrogens is 338 g/mol. The minimum absolute atomic E-state index is 0.0896. The van der Waals surface area contributed by atoms with Crippen LogP contribution in [0, 0.1) is 6.92 Å². The summed E-state index contributed by atoms with van der Waals surface area (Å²) in [5.41, 5.74) is 3.74. The second kappa shape index (κ2) is 8.31. The molecule has 0 atom stereocenters. The number of nitrogens with zero attached hydrogens (tertiary/aromatic N) is 3. The third-order valence-corrected chi connectivity index (χ3v) is 3.92. The van der Waals surface area contributed by atoms with Crippen LogP contribution in [0.4, 0.5) is 23.1 Å². The summed E-state index contributed by atoms with van der Waals surface area (Å²) in [5.74, 6) is 1.30. The van der Waals surface area contributed by atoms with Crippen molar-refractivity contribution in [3.8, 4) is 0 Å². The van der Waals surface area contributed by atoms with Gasteiger partial charge in [0, 0.05) is 43.7 Å². The van der Waals surface area contributed by atoms with Crippen molar-refractivity contribution in [2.75, 3.05) is 22.6 Å². The van der Waals surface area contributed by atoms with Gasteiger partial charge in [0.1, 0.15) is 5.82 Å². The molecule has 6 heteroatoms. The first-order chi connectivity index (χ1) is 13.0. The summed E-state index contributed by atoms with van der Waals surface area (Å²) in [7, 11) is 1.98. The lowest BCUT2D eigenvalue weighted by atomic mass is 10.2. The Balaban J connectivity index is 1.74. The summed E-state index contributed by atoms with van der Waals surface area (Å²) in [6, 6.07) is 19.6. The maximum absolute atomic E-state index is 11.1. The summed E-state index contributed by atoms with van der Waals surface area (Å²) >= 11 is 0. The van der Waals surface area contributed by atoms with Gasteiger partial charge in [0.05, 0.1) is 0 Å². The summed E-state index contributed by atoms with van der Waals surface area (Å²) in [5, 5.41) is 6.05. The van der Waals surface area contributed by atoms with E-state index in [1.54, 1.807) is 0 Å². The molecule has 2 aromatic carbocycles. The summed E-state index contributed by atoms with van der Waals surface area (Å²) in [6.07, 6.45) is 0. The molecule has 0 saturated carbocycles. The Hall–Kier alpha value is -3.41. The highest BCUT2D eigenvalue weighted by molar-refractivity contribution is 5.88. The van der Waals surface area contributed by atoms with E-state index in [0.717, 1.165) is 29.4 Å². The molecule has 2 N–H and O–H groups in total. The van der Waals surface area contributed by atoms with Gasteiger partial charge in [-0.1, -0.05) is 30.3 Å². The predicted molar refractivity (Wildman–Crippen MR) is 109 cm³/mol. The maximum Gasteiger partial charge on any atom is 0.227 e. The first-order valence-electron chi connectivity index (χ1n) is 8.75. The van der Waals surface area contributed by atoms with Crippen LogP contribution in [0.2, 0.25) is 0 Å². The average Bonchev–Trinajstić information content (AvgIpc) is 2.63. The summed E-state index contributed by atoms with van der Waals surface area (Å²) in [6.45, 7) is 4.17. The molecule has 3 aromatic rings. The van der Waals surface area contributed by atoms with E-state index in [0.29, 0.717) is 5.95 Å². The van der Waals surface area contributed by atoms with E-state index >= 15 is 0 Å². The van der Waals surface area contributed by atoms with E-state index < -0.39 is 0 Å². The van der Waals surface area contributed by atoms with E-state index in [4.69, 9.17) is 0 Å². The zero-order chi connectivity index (χ0) is 19.2. The predicted octanol–water partition coefficient (Wildman–Crippen LogP) is 4.12. The number of amides is 1. The van der Waals surface area contributed by atoms with Crippen molar-refractivity contribution in [3.05, 3.63) is 71.9 Å². The highest BCUT2D eigenvalue weighted by Crippen LogP contribution is 2.20. The van der Waals surface area contributed by atoms with Crippen molar-refractivity contribution in [3.63, 3.8) is 0 Å². The lowest BCUT2D eigenvalue weighted by molar-refractivity contribution is -0.114. The highest BCUT2D eigenvalue weighted by Gasteiger charge is 2.08. The van der Waals surface area contributed by atoms with Gasteiger partial charge in [-0.05, 0) is 36.8 Å². The van der Waals surface area contributed by atoms with Gasteiger partial charge < -0.3 is 15.5 Å². The van der Waals surface area contributed by atoms with Crippen LogP contribution in [0.5, 0.6) is 0 Å². The number of carbonyl (C=O) groups excluding carboxylic acids is 1. The lowest BCUT2D eigenvalue weighted by Crippen LogP contribution is -2.19. The second-order valence-corrected chi connectivity index (χ2v) is 6.42. The van der Waals surface area contributed by atoms with Crippen molar-refractivity contribution in [2.45, 2.75) is 20.4 Å². The van der Waals surface area contributed by atoms with Crippen LogP contribution in [0.1, 0.15) is 18.2 Å². The molecule has 0 aliphatic carbocycles. The van der Waals surface area contributed by atoms with Crippen LogP contribution in [-0.2, 0) is 11.3 Å². The number of benzene rings is 2. The Kier molecular flexibility index (Phi) is 5.66. The Bertz CT molecular complexity index is 910. The zero-order valence-electron chi connectivity index (χ0n) is 15.7. The number of anilines is 4. The molecule has 0 aliphatic rings. The van der Waals surface area contributed by atoms with Crippen molar-refractivity contribution in [2.24, 2.45) is 0 Å². The Morgan fingerprint density at radius 3 is 2.33 bits per heavy atom. The van der Waals surface area contributed by atoms with Crippen LogP contribution in [0.25, 0.3) is 0 Å². The number of hydrogen-bond acceptors (Lipinski definition) is 5. The first-order valence-corrected chi connectivity index (χ1v) is 8.75. The molecule has 1 amide bonds. The largest absolute Gasteiger partial charge is 0.340 e. The molecule has 0 aliphatic heterocycles. The smallest absolute Gasteiger partial charge is 0.227 e. The summed E-state index contributed by atoms with van der Waals surface area (Å²) in [4.78, 5) is 22.3. The normalized spacial score (nSPS) is 10.3. The van der Waals surface area contributed by atoms with E-state index in [2.05, 4.69) is 32.7 Å². The van der Waals surface area contributed by atoms with Gasteiger partial charge in [-0.25, -0.2) is 4.98 Å². The van der Waals surface area contributed by atoms with Crippen molar-refractivity contribution in [1.82, 2.24) is 9.97 Å². The number of rotatable bonds is 6. The fraction of sp³-hybridized carbons (Fsp3) is 0.190. The number of aromatic nitrogens is 2. The minimum atomic E-state index is -0.0896. The number of nitrogens with one attached hydrogen (secondary N) is 2. The summed E-state index contributed by atoms with van der Waals surface area (Å²) < 4.78 is 0. The van der Waals surface area contributed by atoms with Crippen LogP contribution in [-0.4, -0.2) is 22.9 Å². The minimum Gasteiger partial charge on any atom is -0.340 e. The molecule has 3 rings (SSSR count). The molecule has 0 radical (unpaired) electrons. The molecule has 0 fully saturated rings. The highest BCUT2D eigenvalue weighted by atomic mass is 16.1. The van der Waals surface area contributed by atoms with Gasteiger partial charge in [0.25, 0.3) is 0 Å². The molecule has 0 bridgehead atoms. The maximum atomic E-state index is 11.1.